The normalized spacial score (nSPS) is 11.8. The molecule has 31 heavy (non-hydrogen) atoms. The van der Waals surface area contributed by atoms with Crippen LogP contribution in [0.5, 0.6) is 0 Å². The number of nitrogens with one attached hydrogen (secondary N) is 1. The van der Waals surface area contributed by atoms with Crippen LogP contribution >= 0.6 is 11.6 Å². The fourth-order valence-corrected chi connectivity index (χ4v) is 3.21. The van der Waals surface area contributed by atoms with E-state index in [0.29, 0.717) is 10.1 Å². The van der Waals surface area contributed by atoms with Gasteiger partial charge in [0.1, 0.15) is 16.5 Å². The highest BCUT2D eigenvalue weighted by Gasteiger charge is 2.36. The lowest BCUT2D eigenvalue weighted by Crippen LogP contribution is -2.15. The minimum atomic E-state index is -4.72. The number of hydrogen-bond donors (Lipinski definition) is 1. The maximum absolute atomic E-state index is 13.8. The smallest absolute Gasteiger partial charge is 0.318 e. The van der Waals surface area contributed by atoms with Gasteiger partial charge in [-0.25, -0.2) is 13.9 Å². The van der Waals surface area contributed by atoms with Crippen molar-refractivity contribution in [1.82, 2.24) is 24.4 Å². The van der Waals surface area contributed by atoms with Crippen LogP contribution in [0.1, 0.15) is 27.4 Å². The highest BCUT2D eigenvalue weighted by molar-refractivity contribution is 6.37. The van der Waals surface area contributed by atoms with Gasteiger partial charge in [0.2, 0.25) is 0 Å². The summed E-state index contributed by atoms with van der Waals surface area (Å²) < 4.78 is 55.6. The average molecular weight is 453 g/mol. The first kappa shape index (κ1) is 20.8. The Labute approximate surface area is 177 Å². The number of carbonyl (C=O) groups excluding carboxylic acids is 1. The Balaban J connectivity index is 1.60. The predicted octanol–water partition coefficient (Wildman–Crippen LogP) is 4.35. The summed E-state index contributed by atoms with van der Waals surface area (Å²) in [5, 5.41) is 9.91. The zero-order valence-corrected chi connectivity index (χ0v) is 16.5. The third kappa shape index (κ3) is 4.08. The molecule has 0 atom stereocenters. The summed E-state index contributed by atoms with van der Waals surface area (Å²) in [4.78, 5) is 16.5. The second-order valence-electron chi connectivity index (χ2n) is 6.65. The Hall–Kier alpha value is -3.47. The molecule has 7 nitrogen and oxygen atoms in total. The molecule has 160 valence electrons. The average Bonchev–Trinajstić information content (AvgIpc) is 3.27. The summed E-state index contributed by atoms with van der Waals surface area (Å²) >= 11 is 6.11. The van der Waals surface area contributed by atoms with Gasteiger partial charge in [-0.05, 0) is 19.1 Å². The first-order valence-electron chi connectivity index (χ1n) is 8.84. The minimum Gasteiger partial charge on any atom is -0.318 e. The number of amides is 1. The number of anilines is 1. The van der Waals surface area contributed by atoms with Crippen LogP contribution in [0.15, 0.2) is 42.7 Å². The fraction of sp³-hybridized carbons (Fsp3) is 0.158. The number of hydrogen-bond acceptors (Lipinski definition) is 4. The molecule has 0 aliphatic carbocycles. The van der Waals surface area contributed by atoms with Crippen molar-refractivity contribution >= 4 is 28.8 Å². The van der Waals surface area contributed by atoms with Gasteiger partial charge in [0.05, 0.1) is 18.4 Å². The lowest BCUT2D eigenvalue weighted by molar-refractivity contribution is -0.142. The molecule has 0 fully saturated rings. The van der Waals surface area contributed by atoms with Crippen molar-refractivity contribution in [1.29, 1.82) is 0 Å². The number of fused-ring (bicyclic) bond motifs is 1. The number of nitrogens with zero attached hydrogens (tertiary/aromatic N) is 5. The molecule has 12 heteroatoms. The number of halogens is 5. The van der Waals surface area contributed by atoms with E-state index in [1.54, 1.807) is 18.2 Å². The summed E-state index contributed by atoms with van der Waals surface area (Å²) in [5.74, 6) is -1.24. The standard InChI is InChI=1S/C19H13ClF4N6O/c1-10-6-14(19(22,23)24)30-17(26-10)15(20)16(28-30)18(31)27-12-7-25-29(9-12)8-11-4-2-3-5-13(11)21/h2-7,9H,8H2,1H3,(H,27,31). The number of aryl methyl sites for hydroxylation is 1. The molecule has 3 aromatic heterocycles. The Kier molecular flexibility index (Phi) is 5.13. The molecule has 0 aliphatic rings. The predicted molar refractivity (Wildman–Crippen MR) is 103 cm³/mol. The van der Waals surface area contributed by atoms with Crippen LogP contribution < -0.4 is 5.32 Å². The van der Waals surface area contributed by atoms with Crippen LogP contribution in [-0.4, -0.2) is 30.3 Å². The summed E-state index contributed by atoms with van der Waals surface area (Å²) in [6, 6.07) is 6.97. The van der Waals surface area contributed by atoms with Crippen LogP contribution in [0.3, 0.4) is 0 Å². The molecule has 4 rings (SSSR count). The first-order chi connectivity index (χ1) is 14.6. The number of aromatic nitrogens is 5. The molecule has 3 heterocycles. The van der Waals surface area contributed by atoms with E-state index >= 15 is 0 Å². The van der Waals surface area contributed by atoms with Crippen LogP contribution in [0.25, 0.3) is 5.65 Å². The molecule has 0 aliphatic heterocycles. The molecule has 1 amide bonds. The summed E-state index contributed by atoms with van der Waals surface area (Å²) in [7, 11) is 0. The maximum atomic E-state index is 13.8. The fourth-order valence-electron chi connectivity index (χ4n) is 2.97. The molecular weight excluding hydrogens is 440 g/mol. The van der Waals surface area contributed by atoms with E-state index < -0.39 is 29.3 Å². The third-order valence-electron chi connectivity index (χ3n) is 4.35. The molecule has 0 saturated heterocycles. The van der Waals surface area contributed by atoms with Crippen molar-refractivity contribution < 1.29 is 22.4 Å². The summed E-state index contributed by atoms with van der Waals surface area (Å²) in [6.45, 7) is 1.50. The zero-order chi connectivity index (χ0) is 22.3. The number of rotatable bonds is 4. The summed E-state index contributed by atoms with van der Waals surface area (Å²) in [6.07, 6.45) is -1.97. The Morgan fingerprint density at radius 3 is 2.71 bits per heavy atom. The van der Waals surface area contributed by atoms with Gasteiger partial charge in [0, 0.05) is 17.5 Å². The van der Waals surface area contributed by atoms with Gasteiger partial charge in [-0.3, -0.25) is 9.48 Å². The van der Waals surface area contributed by atoms with Gasteiger partial charge in [-0.2, -0.15) is 23.4 Å². The SMILES string of the molecule is Cc1cc(C(F)(F)F)n2nc(C(=O)Nc3cnn(Cc4ccccc4F)c3)c(Cl)c2n1. The van der Waals surface area contributed by atoms with Crippen molar-refractivity contribution in [2.24, 2.45) is 0 Å². The van der Waals surface area contributed by atoms with Crippen LogP contribution in [0.2, 0.25) is 5.02 Å². The minimum absolute atomic E-state index is 0.0722. The number of alkyl halides is 3. The van der Waals surface area contributed by atoms with E-state index in [1.807, 2.05) is 0 Å². The van der Waals surface area contributed by atoms with Crippen LogP contribution in [0, 0.1) is 12.7 Å². The second-order valence-corrected chi connectivity index (χ2v) is 7.03. The van der Waals surface area contributed by atoms with E-state index in [4.69, 9.17) is 11.6 Å². The molecule has 4 aromatic rings. The third-order valence-corrected chi connectivity index (χ3v) is 4.70. The quantitative estimate of drug-likeness (QED) is 0.467. The molecule has 1 N–H and O–H groups in total. The zero-order valence-electron chi connectivity index (χ0n) is 15.8. The highest BCUT2D eigenvalue weighted by atomic mass is 35.5. The lowest BCUT2D eigenvalue weighted by atomic mass is 10.2. The highest BCUT2D eigenvalue weighted by Crippen LogP contribution is 2.32. The van der Waals surface area contributed by atoms with Gasteiger partial charge >= 0.3 is 6.18 Å². The molecule has 0 radical (unpaired) electrons. The van der Waals surface area contributed by atoms with Crippen LogP contribution in [0.4, 0.5) is 23.2 Å². The Morgan fingerprint density at radius 1 is 1.26 bits per heavy atom. The molecule has 0 unspecified atom stereocenters. The van der Waals surface area contributed by atoms with Crippen molar-refractivity contribution in [2.45, 2.75) is 19.6 Å². The van der Waals surface area contributed by atoms with E-state index in [2.05, 4.69) is 20.5 Å². The van der Waals surface area contributed by atoms with Crippen molar-refractivity contribution in [2.75, 3.05) is 5.32 Å². The molecule has 1 aromatic carbocycles. The van der Waals surface area contributed by atoms with Gasteiger partial charge in [0.15, 0.2) is 11.3 Å². The molecule has 0 spiro atoms. The Morgan fingerprint density at radius 2 is 2.00 bits per heavy atom. The largest absolute Gasteiger partial charge is 0.433 e. The van der Waals surface area contributed by atoms with Crippen molar-refractivity contribution in [3.05, 3.63) is 76.2 Å². The first-order valence-corrected chi connectivity index (χ1v) is 9.21. The van der Waals surface area contributed by atoms with Crippen molar-refractivity contribution in [3.8, 4) is 0 Å². The molecule has 0 bridgehead atoms. The van der Waals surface area contributed by atoms with E-state index in [-0.39, 0.29) is 28.6 Å². The monoisotopic (exact) mass is 452 g/mol. The second kappa shape index (κ2) is 7.65. The number of carbonyl (C=O) groups is 1. The lowest BCUT2D eigenvalue weighted by Gasteiger charge is -2.09. The van der Waals surface area contributed by atoms with Gasteiger partial charge in [0.25, 0.3) is 5.91 Å². The maximum Gasteiger partial charge on any atom is 0.433 e. The number of benzene rings is 1. The topological polar surface area (TPSA) is 77.1 Å². The van der Waals surface area contributed by atoms with Crippen molar-refractivity contribution in [3.63, 3.8) is 0 Å². The van der Waals surface area contributed by atoms with Crippen LogP contribution in [-0.2, 0) is 12.7 Å². The Bertz CT molecular complexity index is 1300. The van der Waals surface area contributed by atoms with Gasteiger partial charge in [-0.1, -0.05) is 29.8 Å². The van der Waals surface area contributed by atoms with E-state index in [0.717, 1.165) is 6.07 Å². The molecular formula is C19H13ClF4N6O. The van der Waals surface area contributed by atoms with Gasteiger partial charge < -0.3 is 5.32 Å². The van der Waals surface area contributed by atoms with Gasteiger partial charge in [-0.15, -0.1) is 0 Å². The molecule has 0 saturated carbocycles. The summed E-state index contributed by atoms with van der Waals surface area (Å²) in [5.41, 5.74) is -1.11. The van der Waals surface area contributed by atoms with E-state index in [9.17, 15) is 22.4 Å². The van der Waals surface area contributed by atoms with E-state index in [1.165, 1.54) is 30.1 Å².